The molecule has 2 fully saturated rings. The second-order valence-corrected chi connectivity index (χ2v) is 9.66. The molecule has 2 aromatic rings. The number of amidine groups is 1. The first-order chi connectivity index (χ1) is 15.1. The Bertz CT molecular complexity index is 1160. The van der Waals surface area contributed by atoms with Crippen molar-refractivity contribution in [3.8, 4) is 0 Å². The van der Waals surface area contributed by atoms with Crippen LogP contribution in [0.1, 0.15) is 36.3 Å². The number of anilines is 1. The molecule has 2 aliphatic rings. The van der Waals surface area contributed by atoms with Crippen LogP contribution >= 0.6 is 0 Å². The summed E-state index contributed by atoms with van der Waals surface area (Å²) in [5, 5.41) is 2.66. The van der Waals surface area contributed by atoms with E-state index in [0.717, 1.165) is 19.0 Å². The number of nitrogens with one attached hydrogen (secondary N) is 1. The topological polar surface area (TPSA) is 78.8 Å². The first kappa shape index (κ1) is 22.3. The van der Waals surface area contributed by atoms with Crippen LogP contribution < -0.4 is 5.32 Å². The molecular weight excluding hydrogens is 443 g/mol. The lowest BCUT2D eigenvalue weighted by atomic mass is 10.0. The lowest BCUT2D eigenvalue weighted by Gasteiger charge is -2.12. The number of halogens is 3. The highest BCUT2D eigenvalue weighted by molar-refractivity contribution is 7.90. The van der Waals surface area contributed by atoms with Crippen LogP contribution in [0.5, 0.6) is 0 Å². The number of carbonyl (C=O) groups is 1. The molecular formula is C22H22F3N3O3S. The Morgan fingerprint density at radius 1 is 1.12 bits per heavy atom. The van der Waals surface area contributed by atoms with Gasteiger partial charge in [-0.1, -0.05) is 18.2 Å². The fourth-order valence-corrected chi connectivity index (χ4v) is 5.05. The molecule has 32 heavy (non-hydrogen) atoms. The predicted molar refractivity (Wildman–Crippen MR) is 114 cm³/mol. The molecule has 170 valence electrons. The molecule has 1 amide bonds. The van der Waals surface area contributed by atoms with E-state index in [-0.39, 0.29) is 10.5 Å². The normalized spacial score (nSPS) is 22.2. The van der Waals surface area contributed by atoms with E-state index in [1.165, 1.54) is 42.5 Å². The van der Waals surface area contributed by atoms with E-state index in [1.54, 1.807) is 11.9 Å². The van der Waals surface area contributed by atoms with Gasteiger partial charge < -0.3 is 10.2 Å². The van der Waals surface area contributed by atoms with Crippen molar-refractivity contribution in [3.63, 3.8) is 0 Å². The van der Waals surface area contributed by atoms with Gasteiger partial charge in [-0.05, 0) is 54.7 Å². The Labute approximate surface area is 184 Å². The van der Waals surface area contributed by atoms with Gasteiger partial charge in [0.05, 0.1) is 10.5 Å². The fraction of sp³-hybridized carbons (Fsp3) is 0.364. The van der Waals surface area contributed by atoms with Crippen molar-refractivity contribution < 1.29 is 26.4 Å². The summed E-state index contributed by atoms with van der Waals surface area (Å²) >= 11 is 0. The number of nitrogens with zero attached hydrogens (tertiary/aromatic N) is 2. The molecule has 1 saturated carbocycles. The summed E-state index contributed by atoms with van der Waals surface area (Å²) in [4.78, 5) is 14.3. The number of benzene rings is 2. The van der Waals surface area contributed by atoms with E-state index in [4.69, 9.17) is 0 Å². The zero-order valence-corrected chi connectivity index (χ0v) is 18.1. The third kappa shape index (κ3) is 4.64. The molecule has 0 bridgehead atoms. The molecule has 2 atom stereocenters. The molecule has 0 aromatic heterocycles. The number of carbonyl (C=O) groups excluding carboxylic acids is 1. The number of likely N-dealkylation sites (tertiary alicyclic amines) is 1. The van der Waals surface area contributed by atoms with Crippen LogP contribution in [0.2, 0.25) is 0 Å². The number of hydrogen-bond donors (Lipinski definition) is 1. The van der Waals surface area contributed by atoms with Crippen LogP contribution in [0.3, 0.4) is 0 Å². The molecule has 1 aliphatic carbocycles. The summed E-state index contributed by atoms with van der Waals surface area (Å²) < 4.78 is 68.6. The van der Waals surface area contributed by atoms with Gasteiger partial charge in [-0.3, -0.25) is 4.79 Å². The van der Waals surface area contributed by atoms with Gasteiger partial charge in [0.15, 0.2) is 0 Å². The number of sulfonamides is 1. The van der Waals surface area contributed by atoms with Crippen LogP contribution in [0.15, 0.2) is 57.8 Å². The molecule has 2 unspecified atom stereocenters. The van der Waals surface area contributed by atoms with Crippen molar-refractivity contribution in [2.45, 2.75) is 36.3 Å². The molecule has 1 saturated heterocycles. The van der Waals surface area contributed by atoms with Gasteiger partial charge in [-0.15, -0.1) is 4.40 Å². The number of hydrogen-bond acceptors (Lipinski definition) is 3. The molecule has 1 N–H and O–H groups in total. The summed E-state index contributed by atoms with van der Waals surface area (Å²) in [7, 11) is -2.07. The molecule has 4 rings (SSSR count). The molecule has 1 heterocycles. The first-order valence-corrected chi connectivity index (χ1v) is 11.6. The van der Waals surface area contributed by atoms with Crippen molar-refractivity contribution in [3.05, 3.63) is 59.7 Å². The monoisotopic (exact) mass is 465 g/mol. The minimum atomic E-state index is -4.47. The van der Waals surface area contributed by atoms with E-state index in [1.807, 2.05) is 0 Å². The second kappa shape index (κ2) is 8.23. The Balaban J connectivity index is 1.43. The number of rotatable bonds is 5. The SMILES string of the molecule is CN1CCC/C1=N\S(=O)(=O)c1ccc(NC(=O)C2CC2c2ccccc2C(F)(F)F)cc1. The maximum atomic E-state index is 13.2. The van der Waals surface area contributed by atoms with Gasteiger partial charge >= 0.3 is 6.18 Å². The van der Waals surface area contributed by atoms with Crippen LogP contribution in [0, 0.1) is 5.92 Å². The average Bonchev–Trinajstić information content (AvgIpc) is 3.45. The van der Waals surface area contributed by atoms with Gasteiger partial charge in [-0.2, -0.15) is 21.6 Å². The quantitative estimate of drug-likeness (QED) is 0.716. The zero-order chi connectivity index (χ0) is 23.1. The second-order valence-electron chi connectivity index (χ2n) is 8.06. The van der Waals surface area contributed by atoms with Gasteiger partial charge in [0.2, 0.25) is 5.91 Å². The summed E-state index contributed by atoms with van der Waals surface area (Å²) in [5.74, 6) is -0.936. The van der Waals surface area contributed by atoms with Gasteiger partial charge in [-0.25, -0.2) is 0 Å². The van der Waals surface area contributed by atoms with Crippen molar-refractivity contribution >= 4 is 27.5 Å². The Hall–Kier alpha value is -2.88. The molecule has 2 aromatic carbocycles. The molecule has 1 aliphatic heterocycles. The van der Waals surface area contributed by atoms with Crippen molar-refractivity contribution in [2.24, 2.45) is 10.3 Å². The summed E-state index contributed by atoms with van der Waals surface area (Å²) in [6.07, 6.45) is -2.69. The Morgan fingerprint density at radius 3 is 2.44 bits per heavy atom. The first-order valence-electron chi connectivity index (χ1n) is 10.2. The fourth-order valence-electron chi connectivity index (χ4n) is 3.95. The minimum Gasteiger partial charge on any atom is -0.362 e. The molecule has 6 nitrogen and oxygen atoms in total. The third-order valence-corrected chi connectivity index (χ3v) is 7.09. The zero-order valence-electron chi connectivity index (χ0n) is 17.3. The van der Waals surface area contributed by atoms with E-state index in [2.05, 4.69) is 9.71 Å². The Morgan fingerprint density at radius 2 is 1.81 bits per heavy atom. The van der Waals surface area contributed by atoms with Crippen LogP contribution in [0.25, 0.3) is 0 Å². The number of alkyl halides is 3. The molecule has 0 radical (unpaired) electrons. The largest absolute Gasteiger partial charge is 0.416 e. The van der Waals surface area contributed by atoms with Crippen LogP contribution in [0.4, 0.5) is 18.9 Å². The maximum absolute atomic E-state index is 13.2. The highest BCUT2D eigenvalue weighted by Crippen LogP contribution is 2.51. The lowest BCUT2D eigenvalue weighted by Crippen LogP contribution is -2.20. The predicted octanol–water partition coefficient (Wildman–Crippen LogP) is 4.26. The van der Waals surface area contributed by atoms with Crippen molar-refractivity contribution in [2.75, 3.05) is 18.9 Å². The molecule has 10 heteroatoms. The lowest BCUT2D eigenvalue weighted by molar-refractivity contribution is -0.138. The van der Waals surface area contributed by atoms with Crippen molar-refractivity contribution in [1.82, 2.24) is 4.90 Å². The third-order valence-electron chi connectivity index (χ3n) is 5.77. The standard InChI is InChI=1S/C22H22F3N3O3S/c1-28-12-4-7-20(28)27-32(30,31)15-10-8-14(9-11-15)26-21(29)18-13-17(18)16-5-2-3-6-19(16)22(23,24)25/h2-3,5-6,8-11,17-18H,4,7,12-13H2,1H3,(H,26,29)/b27-20+. The van der Waals surface area contributed by atoms with Crippen LogP contribution in [-0.4, -0.2) is 38.7 Å². The maximum Gasteiger partial charge on any atom is 0.416 e. The van der Waals surface area contributed by atoms with E-state index < -0.39 is 39.5 Å². The average molecular weight is 465 g/mol. The summed E-state index contributed by atoms with van der Waals surface area (Å²) in [5.41, 5.74) is -0.226. The van der Waals surface area contributed by atoms with E-state index in [0.29, 0.717) is 24.4 Å². The van der Waals surface area contributed by atoms with Gasteiger partial charge in [0.1, 0.15) is 5.84 Å². The van der Waals surface area contributed by atoms with Crippen molar-refractivity contribution in [1.29, 1.82) is 0 Å². The summed E-state index contributed by atoms with van der Waals surface area (Å²) in [6, 6.07) is 10.9. The summed E-state index contributed by atoms with van der Waals surface area (Å²) in [6.45, 7) is 0.759. The smallest absolute Gasteiger partial charge is 0.362 e. The highest BCUT2D eigenvalue weighted by atomic mass is 32.2. The van der Waals surface area contributed by atoms with E-state index in [9.17, 15) is 26.4 Å². The highest BCUT2D eigenvalue weighted by Gasteiger charge is 2.47. The van der Waals surface area contributed by atoms with Gasteiger partial charge in [0, 0.05) is 31.6 Å². The Kier molecular flexibility index (Phi) is 5.74. The van der Waals surface area contributed by atoms with Crippen LogP contribution in [-0.2, 0) is 21.0 Å². The van der Waals surface area contributed by atoms with Gasteiger partial charge in [0.25, 0.3) is 10.0 Å². The minimum absolute atomic E-state index is 0.00621. The van der Waals surface area contributed by atoms with E-state index >= 15 is 0 Å². The molecule has 0 spiro atoms. The number of amides is 1.